The minimum atomic E-state index is -3.10. The Morgan fingerprint density at radius 1 is 0.862 bits per heavy atom. The maximum atomic E-state index is 15.1. The zero-order chi connectivity index (χ0) is 47.4. The van der Waals surface area contributed by atoms with Crippen molar-refractivity contribution in [2.45, 2.75) is 151 Å². The molecule has 0 spiro atoms. The van der Waals surface area contributed by atoms with E-state index in [4.69, 9.17) is 42.3 Å². The van der Waals surface area contributed by atoms with Gasteiger partial charge >= 0.3 is 5.97 Å². The van der Waals surface area contributed by atoms with Crippen LogP contribution in [0.3, 0.4) is 0 Å². The molecule has 1 aromatic heterocycles. The second-order valence-corrected chi connectivity index (χ2v) is 18.2. The Labute approximate surface area is 373 Å². The van der Waals surface area contributed by atoms with Gasteiger partial charge in [0.2, 0.25) is 11.4 Å². The van der Waals surface area contributed by atoms with Crippen LogP contribution in [-0.2, 0) is 53.9 Å². The fourth-order valence-electron chi connectivity index (χ4n) is 10.2. The van der Waals surface area contributed by atoms with Gasteiger partial charge in [-0.05, 0) is 67.1 Å². The Morgan fingerprint density at radius 2 is 1.54 bits per heavy atom. The van der Waals surface area contributed by atoms with E-state index in [-0.39, 0.29) is 29.7 Å². The third-order valence-corrected chi connectivity index (χ3v) is 14.4. The molecule has 4 aliphatic heterocycles. The van der Waals surface area contributed by atoms with E-state index in [0.717, 1.165) is 19.2 Å². The van der Waals surface area contributed by atoms with Crippen molar-refractivity contribution in [2.24, 2.45) is 0 Å². The van der Waals surface area contributed by atoms with Crippen LogP contribution < -0.4 is 10.7 Å². The van der Waals surface area contributed by atoms with Gasteiger partial charge in [-0.25, -0.2) is 4.79 Å². The van der Waals surface area contributed by atoms with Gasteiger partial charge in [0.1, 0.15) is 53.7 Å². The minimum Gasteiger partial charge on any atom is -0.507 e. The lowest BCUT2D eigenvalue weighted by molar-refractivity contribution is -0.293. The molecule has 4 saturated heterocycles. The quantitative estimate of drug-likeness (QED) is 0.0972. The number of epoxide rings is 1. The van der Waals surface area contributed by atoms with Gasteiger partial charge < -0.3 is 73.2 Å². The van der Waals surface area contributed by atoms with Crippen molar-refractivity contribution in [2.75, 3.05) is 28.4 Å². The van der Waals surface area contributed by atoms with E-state index in [9.17, 15) is 39.9 Å². The highest BCUT2D eigenvalue weighted by Crippen LogP contribution is 2.50. The summed E-state index contributed by atoms with van der Waals surface area (Å²) in [6.45, 7) is 10.2. The smallest absolute Gasteiger partial charge is 0.345 e. The summed E-state index contributed by atoms with van der Waals surface area (Å²) >= 11 is 0. The number of rotatable bonds is 10. The lowest BCUT2D eigenvalue weighted by atomic mass is 9.74. The van der Waals surface area contributed by atoms with Crippen LogP contribution in [0.1, 0.15) is 109 Å². The molecule has 5 aliphatic rings. The average Bonchev–Trinajstić information content (AvgIpc) is 3.91. The number of aliphatic hydroxyl groups excluding tert-OH is 3. The van der Waals surface area contributed by atoms with Crippen molar-refractivity contribution < 1.29 is 82.2 Å². The number of fused-ring (bicyclic) bond motifs is 4. The van der Waals surface area contributed by atoms with Gasteiger partial charge in [-0.2, -0.15) is 0 Å². The van der Waals surface area contributed by atoms with Crippen molar-refractivity contribution >= 4 is 28.5 Å². The number of nitrogens with one attached hydrogen (secondary N) is 1. The SMILES string of the molecule is CN[C@]1(C)C[C@H](c2ccc3c(c2O)C(=O)c2c(cc([C@@](O)(C(=O)OC)[C@H]4O[C@@H](C)[C@@H](O)[C@@H](OC)[C@@H]4O)c4c(=O)cc([C@@]5(C)O[C@@H]5C)oc24)C3=O)O[C@H](C)[C@@H]1O[C@H]1C[C@@H](OC)[C@@H](O)[C@@H](C)O1. The fraction of sp³-hybridized carbons (Fsp3) is 0.609. The Morgan fingerprint density at radius 3 is 2.15 bits per heavy atom. The van der Waals surface area contributed by atoms with Gasteiger partial charge in [-0.1, -0.05) is 6.07 Å². The highest BCUT2D eigenvalue weighted by Gasteiger charge is 2.60. The maximum Gasteiger partial charge on any atom is 0.345 e. The van der Waals surface area contributed by atoms with E-state index < -0.39 is 158 Å². The van der Waals surface area contributed by atoms with Gasteiger partial charge in [0.05, 0.1) is 60.2 Å². The van der Waals surface area contributed by atoms with Crippen LogP contribution in [0, 0.1) is 0 Å². The number of carbonyl (C=O) groups is 3. The predicted octanol–water partition coefficient (Wildman–Crippen LogP) is 1.52. The summed E-state index contributed by atoms with van der Waals surface area (Å²) in [5, 5.41) is 60.5. The molecule has 4 fully saturated rings. The van der Waals surface area contributed by atoms with Crippen molar-refractivity contribution in [3.8, 4) is 5.75 Å². The summed E-state index contributed by atoms with van der Waals surface area (Å²) in [4.78, 5) is 58.3. The number of methoxy groups -OCH3 is 3. The van der Waals surface area contributed by atoms with Crippen LogP contribution in [0.2, 0.25) is 0 Å². The van der Waals surface area contributed by atoms with Gasteiger partial charge in [0.25, 0.3) is 0 Å². The van der Waals surface area contributed by atoms with Crippen molar-refractivity contribution in [3.05, 3.63) is 73.6 Å². The number of esters is 1. The van der Waals surface area contributed by atoms with Crippen LogP contribution in [0.25, 0.3) is 11.0 Å². The fourth-order valence-corrected chi connectivity index (χ4v) is 10.2. The number of phenolic OH excluding ortho intramolecular Hbond substituents is 1. The van der Waals surface area contributed by atoms with E-state index in [1.54, 1.807) is 34.7 Å². The molecule has 16 atom stereocenters. The molecular formula is C46H57NO18. The largest absolute Gasteiger partial charge is 0.507 e. The number of benzene rings is 2. The molecule has 0 radical (unpaired) electrons. The van der Waals surface area contributed by atoms with E-state index in [1.807, 2.05) is 6.92 Å². The first-order chi connectivity index (χ1) is 30.6. The maximum absolute atomic E-state index is 15.1. The number of ether oxygens (including phenoxy) is 8. The first kappa shape index (κ1) is 47.3. The van der Waals surface area contributed by atoms with Crippen LogP contribution >= 0.6 is 0 Å². The van der Waals surface area contributed by atoms with Crippen molar-refractivity contribution in [1.29, 1.82) is 0 Å². The topological polar surface area (TPSA) is 272 Å². The molecule has 3 aromatic rings. The first-order valence-corrected chi connectivity index (χ1v) is 21.6. The Kier molecular flexibility index (Phi) is 12.2. The number of phenols is 1. The summed E-state index contributed by atoms with van der Waals surface area (Å²) in [5.41, 5.74) is -8.39. The Balaban J connectivity index is 1.24. The molecular weight excluding hydrogens is 854 g/mol. The summed E-state index contributed by atoms with van der Waals surface area (Å²) in [7, 11) is 5.40. The number of carbonyl (C=O) groups excluding carboxylic acids is 3. The molecule has 19 heteroatoms. The zero-order valence-corrected chi connectivity index (χ0v) is 37.8. The summed E-state index contributed by atoms with van der Waals surface area (Å²) < 4.78 is 52.9. The number of likely N-dealkylation sites (N-methyl/N-ethyl adjacent to an activating group) is 1. The van der Waals surface area contributed by atoms with Crippen molar-refractivity contribution in [1.82, 2.24) is 5.32 Å². The molecule has 1 aliphatic carbocycles. The Bertz CT molecular complexity index is 2470. The van der Waals surface area contributed by atoms with Gasteiger partial charge in [0.15, 0.2) is 23.1 Å². The van der Waals surface area contributed by atoms with Gasteiger partial charge in [-0.15, -0.1) is 0 Å². The lowest BCUT2D eigenvalue weighted by Gasteiger charge is -2.49. The van der Waals surface area contributed by atoms with Crippen LogP contribution in [0.4, 0.5) is 0 Å². The van der Waals surface area contributed by atoms with E-state index in [0.29, 0.717) is 0 Å². The standard InChI is InChI=1S/C46H57NO18/c1-17-33(49)26(57-8)15-29(61-17)64-41-19(3)60-27(16-44(41,5)47-7)21-11-12-22-30(36(21)52)37(53)31-23(35(22)51)13-24(32-25(48)14-28(63-39(31)32)45(6)20(4)65-45)46(56,43(55)59-10)42-38(54)40(58-9)34(50)18(2)62-42/h11-14,17-20,26-27,29,33-34,38,40-42,47,49-50,52,54,56H,15-16H2,1-10H3/t17-,18+,19-,20-,26-,27-,29+,33+,34-,38+,40-,41+,42+,44-,45+,46+/m1/s1. The second kappa shape index (κ2) is 16.8. The second-order valence-electron chi connectivity index (χ2n) is 18.2. The summed E-state index contributed by atoms with van der Waals surface area (Å²) in [5.74, 6) is -3.79. The van der Waals surface area contributed by atoms with E-state index in [2.05, 4.69) is 5.32 Å². The molecule has 0 saturated carbocycles. The summed E-state index contributed by atoms with van der Waals surface area (Å²) in [6, 6.07) is 4.90. The highest BCUT2D eigenvalue weighted by molar-refractivity contribution is 6.32. The highest BCUT2D eigenvalue weighted by atomic mass is 16.7. The molecule has 8 rings (SSSR count). The predicted molar refractivity (Wildman–Crippen MR) is 224 cm³/mol. The molecule has 0 bridgehead atoms. The molecule has 19 nitrogen and oxygen atoms in total. The van der Waals surface area contributed by atoms with E-state index >= 15 is 4.79 Å². The molecule has 6 N–H and O–H groups in total. The number of ketones is 2. The zero-order valence-electron chi connectivity index (χ0n) is 37.8. The Hall–Kier alpha value is -4.22. The summed E-state index contributed by atoms with van der Waals surface area (Å²) in [6.07, 6.45) is -12.6. The number of hydrogen-bond donors (Lipinski definition) is 6. The average molecular weight is 912 g/mol. The third kappa shape index (κ3) is 7.26. The third-order valence-electron chi connectivity index (χ3n) is 14.4. The molecule has 0 amide bonds. The molecule has 354 valence electrons. The molecule has 0 unspecified atom stereocenters. The monoisotopic (exact) mass is 911 g/mol. The molecule has 2 aromatic carbocycles. The number of aromatic hydroxyl groups is 1. The van der Waals surface area contributed by atoms with Gasteiger partial charge in [0, 0.05) is 54.5 Å². The van der Waals surface area contributed by atoms with Crippen molar-refractivity contribution in [3.63, 3.8) is 0 Å². The van der Waals surface area contributed by atoms with Crippen LogP contribution in [0.15, 0.2) is 33.5 Å². The van der Waals surface area contributed by atoms with Crippen LogP contribution in [-0.4, -0.2) is 150 Å². The first-order valence-electron chi connectivity index (χ1n) is 21.6. The number of aliphatic hydroxyl groups is 4. The van der Waals surface area contributed by atoms with E-state index in [1.165, 1.54) is 33.3 Å². The normalized spacial score (nSPS) is 37.9. The molecule has 5 heterocycles. The number of hydrogen-bond acceptors (Lipinski definition) is 19. The van der Waals surface area contributed by atoms with Gasteiger partial charge in [-0.3, -0.25) is 14.4 Å². The van der Waals surface area contributed by atoms with Crippen LogP contribution in [0.5, 0.6) is 5.75 Å². The minimum absolute atomic E-state index is 0.0349. The lowest BCUT2D eigenvalue weighted by Crippen LogP contribution is -2.65. The molecule has 65 heavy (non-hydrogen) atoms.